The lowest BCUT2D eigenvalue weighted by atomic mass is 10.3. The average molecular weight is 322 g/mol. The van der Waals surface area contributed by atoms with Crippen molar-refractivity contribution < 1.29 is 0 Å². The van der Waals surface area contributed by atoms with Gasteiger partial charge in [-0.1, -0.05) is 0 Å². The second kappa shape index (κ2) is 4.72. The molecule has 0 spiro atoms. The normalized spacial score (nSPS) is 22.6. The molecule has 0 aliphatic heterocycles. The van der Waals surface area contributed by atoms with Gasteiger partial charge in [0.1, 0.15) is 16.2 Å². The molecule has 3 nitrogen and oxygen atoms in total. The van der Waals surface area contributed by atoms with Crippen LogP contribution in [-0.2, 0) is 0 Å². The zero-order chi connectivity index (χ0) is 12.8. The Labute approximate surface area is 122 Å². The number of hydrogen-bond donors (Lipinski definition) is 0. The van der Waals surface area contributed by atoms with Crippen LogP contribution in [0.4, 0.5) is 5.82 Å². The van der Waals surface area contributed by atoms with E-state index in [2.05, 4.69) is 31.9 Å². The third-order valence-corrected chi connectivity index (χ3v) is 4.72. The molecule has 3 fully saturated rings. The first kappa shape index (κ1) is 12.1. The Bertz CT molecular complexity index is 464. The Kier molecular flexibility index (Phi) is 3.02. The zero-order valence-electron chi connectivity index (χ0n) is 11.2. The van der Waals surface area contributed by atoms with E-state index in [0.29, 0.717) is 5.92 Å². The SMILES string of the molecule is Brc1cc(N(CC2CC2)CC2CC2)nc(C2CC2)n1. The van der Waals surface area contributed by atoms with Gasteiger partial charge in [-0.25, -0.2) is 9.97 Å². The smallest absolute Gasteiger partial charge is 0.135 e. The lowest BCUT2D eigenvalue weighted by Crippen LogP contribution is -2.29. The monoisotopic (exact) mass is 321 g/mol. The van der Waals surface area contributed by atoms with Gasteiger partial charge in [0.2, 0.25) is 0 Å². The molecule has 1 heterocycles. The van der Waals surface area contributed by atoms with Crippen molar-refractivity contribution in [2.75, 3.05) is 18.0 Å². The van der Waals surface area contributed by atoms with Crippen LogP contribution in [0.3, 0.4) is 0 Å². The van der Waals surface area contributed by atoms with E-state index >= 15 is 0 Å². The molecule has 4 rings (SSSR count). The van der Waals surface area contributed by atoms with Crippen molar-refractivity contribution in [1.82, 2.24) is 9.97 Å². The van der Waals surface area contributed by atoms with Crippen molar-refractivity contribution in [1.29, 1.82) is 0 Å². The van der Waals surface area contributed by atoms with Gasteiger partial charge in [0.05, 0.1) is 0 Å². The molecule has 0 saturated heterocycles. The number of aromatic nitrogens is 2. The maximum absolute atomic E-state index is 4.84. The van der Waals surface area contributed by atoms with Crippen LogP contribution in [0.15, 0.2) is 10.7 Å². The zero-order valence-corrected chi connectivity index (χ0v) is 12.8. The van der Waals surface area contributed by atoms with Crippen molar-refractivity contribution in [3.05, 3.63) is 16.5 Å². The largest absolute Gasteiger partial charge is 0.356 e. The van der Waals surface area contributed by atoms with E-state index in [4.69, 9.17) is 4.98 Å². The standard InChI is InChI=1S/C15H20BrN3/c16-13-7-14(18-15(17-13)12-5-6-12)19(8-10-1-2-10)9-11-3-4-11/h7,10-12H,1-6,8-9H2. The van der Waals surface area contributed by atoms with Gasteiger partial charge in [-0.15, -0.1) is 0 Å². The van der Waals surface area contributed by atoms with E-state index in [9.17, 15) is 0 Å². The highest BCUT2D eigenvalue weighted by molar-refractivity contribution is 9.10. The van der Waals surface area contributed by atoms with Crippen molar-refractivity contribution in [3.63, 3.8) is 0 Å². The summed E-state index contributed by atoms with van der Waals surface area (Å²) in [5, 5.41) is 0. The molecule has 0 atom stereocenters. The minimum atomic E-state index is 0.625. The maximum Gasteiger partial charge on any atom is 0.135 e. The Hall–Kier alpha value is -0.640. The first-order chi connectivity index (χ1) is 9.28. The van der Waals surface area contributed by atoms with Gasteiger partial charge in [0, 0.05) is 25.1 Å². The summed E-state index contributed by atoms with van der Waals surface area (Å²) in [4.78, 5) is 11.9. The van der Waals surface area contributed by atoms with Gasteiger partial charge < -0.3 is 4.90 Å². The molecule has 0 aromatic carbocycles. The molecule has 102 valence electrons. The summed E-state index contributed by atoms with van der Waals surface area (Å²) in [7, 11) is 0. The molecule has 0 amide bonds. The van der Waals surface area contributed by atoms with E-state index in [0.717, 1.165) is 28.1 Å². The summed E-state index contributed by atoms with van der Waals surface area (Å²) in [6, 6.07) is 2.11. The second-order valence-corrected chi connectivity index (χ2v) is 7.29. The van der Waals surface area contributed by atoms with Crippen molar-refractivity contribution in [3.8, 4) is 0 Å². The highest BCUT2D eigenvalue weighted by Gasteiger charge is 2.32. The summed E-state index contributed by atoms with van der Waals surface area (Å²) in [6.45, 7) is 2.40. The average Bonchev–Trinajstić information content (AvgIpc) is 3.26. The fourth-order valence-corrected chi connectivity index (χ4v) is 2.98. The Morgan fingerprint density at radius 2 is 1.63 bits per heavy atom. The number of anilines is 1. The Balaban J connectivity index is 1.58. The number of nitrogens with zero attached hydrogens (tertiary/aromatic N) is 3. The molecular weight excluding hydrogens is 302 g/mol. The predicted octanol–water partition coefficient (Wildman–Crippen LogP) is 3.74. The van der Waals surface area contributed by atoms with E-state index in [-0.39, 0.29) is 0 Å². The Morgan fingerprint density at radius 3 is 2.16 bits per heavy atom. The molecule has 1 aromatic heterocycles. The van der Waals surface area contributed by atoms with E-state index in [1.165, 1.54) is 51.6 Å². The molecule has 19 heavy (non-hydrogen) atoms. The van der Waals surface area contributed by atoms with Crippen LogP contribution in [0.25, 0.3) is 0 Å². The fourth-order valence-electron chi connectivity index (χ4n) is 2.59. The van der Waals surface area contributed by atoms with Crippen LogP contribution < -0.4 is 4.90 Å². The molecule has 1 aromatic rings. The Morgan fingerprint density at radius 1 is 1.00 bits per heavy atom. The molecule has 3 aliphatic rings. The van der Waals surface area contributed by atoms with Crippen LogP contribution in [0.2, 0.25) is 0 Å². The van der Waals surface area contributed by atoms with Gasteiger partial charge >= 0.3 is 0 Å². The predicted molar refractivity (Wildman–Crippen MR) is 79.4 cm³/mol. The minimum Gasteiger partial charge on any atom is -0.356 e. The lowest BCUT2D eigenvalue weighted by molar-refractivity contribution is 0.667. The molecule has 0 radical (unpaired) electrons. The first-order valence-electron chi connectivity index (χ1n) is 7.57. The van der Waals surface area contributed by atoms with Crippen LogP contribution >= 0.6 is 15.9 Å². The van der Waals surface area contributed by atoms with E-state index in [1.54, 1.807) is 0 Å². The highest BCUT2D eigenvalue weighted by atomic mass is 79.9. The fraction of sp³-hybridized carbons (Fsp3) is 0.733. The van der Waals surface area contributed by atoms with Crippen molar-refractivity contribution >= 4 is 21.7 Å². The molecule has 0 N–H and O–H groups in total. The lowest BCUT2D eigenvalue weighted by Gasteiger charge is -2.24. The molecule has 3 aliphatic carbocycles. The quantitative estimate of drug-likeness (QED) is 0.747. The van der Waals surface area contributed by atoms with Gasteiger partial charge in [0.15, 0.2) is 0 Å². The molecular formula is C15H20BrN3. The van der Waals surface area contributed by atoms with E-state index in [1.807, 2.05) is 0 Å². The van der Waals surface area contributed by atoms with Crippen LogP contribution in [0.5, 0.6) is 0 Å². The van der Waals surface area contributed by atoms with Crippen LogP contribution in [-0.4, -0.2) is 23.1 Å². The van der Waals surface area contributed by atoms with Crippen molar-refractivity contribution in [2.24, 2.45) is 11.8 Å². The molecule has 4 heteroatoms. The third kappa shape index (κ3) is 3.10. The minimum absolute atomic E-state index is 0.625. The van der Waals surface area contributed by atoms with Crippen molar-refractivity contribution in [2.45, 2.75) is 44.4 Å². The van der Waals surface area contributed by atoms with Gasteiger partial charge in [-0.05, 0) is 66.3 Å². The van der Waals surface area contributed by atoms with Crippen LogP contribution in [0, 0.1) is 11.8 Å². The van der Waals surface area contributed by atoms with Gasteiger partial charge in [0.25, 0.3) is 0 Å². The summed E-state index contributed by atoms with van der Waals surface area (Å²) < 4.78 is 0.955. The summed E-state index contributed by atoms with van der Waals surface area (Å²) in [6.07, 6.45) is 8.15. The summed E-state index contributed by atoms with van der Waals surface area (Å²) in [5.74, 6) is 4.66. The maximum atomic E-state index is 4.84. The van der Waals surface area contributed by atoms with Crippen LogP contribution in [0.1, 0.15) is 50.3 Å². The van der Waals surface area contributed by atoms with Gasteiger partial charge in [-0.3, -0.25) is 0 Å². The van der Waals surface area contributed by atoms with E-state index < -0.39 is 0 Å². The molecule has 3 saturated carbocycles. The molecule has 0 bridgehead atoms. The number of hydrogen-bond acceptors (Lipinski definition) is 3. The summed E-state index contributed by atoms with van der Waals surface area (Å²) in [5.41, 5.74) is 0. The first-order valence-corrected chi connectivity index (χ1v) is 8.36. The summed E-state index contributed by atoms with van der Waals surface area (Å²) >= 11 is 3.56. The second-order valence-electron chi connectivity index (χ2n) is 6.47. The highest BCUT2D eigenvalue weighted by Crippen LogP contribution is 2.40. The number of rotatable bonds is 6. The van der Waals surface area contributed by atoms with Gasteiger partial charge in [-0.2, -0.15) is 0 Å². The number of halogens is 1. The topological polar surface area (TPSA) is 29.0 Å². The molecule has 0 unspecified atom stereocenters. The third-order valence-electron chi connectivity index (χ3n) is 4.32.